The summed E-state index contributed by atoms with van der Waals surface area (Å²) < 4.78 is 12.9. The lowest BCUT2D eigenvalue weighted by atomic mass is 9.94. The molecule has 1 saturated heterocycles. The quantitative estimate of drug-likeness (QED) is 0.846. The zero-order valence-corrected chi connectivity index (χ0v) is 14.5. The van der Waals surface area contributed by atoms with Gasteiger partial charge in [-0.25, -0.2) is 4.39 Å². The highest BCUT2D eigenvalue weighted by Crippen LogP contribution is 2.26. The van der Waals surface area contributed by atoms with Crippen molar-refractivity contribution in [1.29, 1.82) is 0 Å². The second-order valence-corrected chi connectivity index (χ2v) is 6.69. The summed E-state index contributed by atoms with van der Waals surface area (Å²) >= 11 is 0. The molecule has 134 valence electrons. The summed E-state index contributed by atoms with van der Waals surface area (Å²) in [6, 6.07) is 8.27. The maximum atomic E-state index is 12.9. The predicted octanol–water partition coefficient (Wildman–Crippen LogP) is 2.48. The summed E-state index contributed by atoms with van der Waals surface area (Å²) in [5, 5.41) is 10.1. The van der Waals surface area contributed by atoms with Gasteiger partial charge in [0.05, 0.1) is 6.04 Å². The Hall–Kier alpha value is -2.21. The molecule has 1 fully saturated rings. The first kappa shape index (κ1) is 17.6. The lowest BCUT2D eigenvalue weighted by Gasteiger charge is -2.35. The minimum absolute atomic E-state index is 0.0485. The van der Waals surface area contributed by atoms with Crippen LogP contribution in [0.4, 0.5) is 4.39 Å². The number of carbonyl (C=O) groups excluding carboxylic acids is 1. The SMILES string of the molecule is C[C@@H](C(=O)NCCc1ccc(F)cc1)N1CCC[C@@H](c2ccn[nH]2)C1. The summed E-state index contributed by atoms with van der Waals surface area (Å²) in [6.45, 7) is 4.33. The van der Waals surface area contributed by atoms with Crippen molar-refractivity contribution in [1.82, 2.24) is 20.4 Å². The molecular weight excluding hydrogens is 319 g/mol. The number of nitrogens with one attached hydrogen (secondary N) is 2. The highest BCUT2D eigenvalue weighted by molar-refractivity contribution is 5.81. The van der Waals surface area contributed by atoms with Gasteiger partial charge in [0.2, 0.25) is 5.91 Å². The predicted molar refractivity (Wildman–Crippen MR) is 94.7 cm³/mol. The number of hydrogen-bond acceptors (Lipinski definition) is 3. The van der Waals surface area contributed by atoms with Crippen LogP contribution < -0.4 is 5.32 Å². The molecule has 1 amide bonds. The zero-order valence-electron chi connectivity index (χ0n) is 14.5. The van der Waals surface area contributed by atoms with Crippen molar-refractivity contribution in [3.63, 3.8) is 0 Å². The molecule has 0 spiro atoms. The molecule has 2 heterocycles. The van der Waals surface area contributed by atoms with Crippen LogP contribution in [0, 0.1) is 5.82 Å². The van der Waals surface area contributed by atoms with Crippen LogP contribution in [0.15, 0.2) is 36.5 Å². The summed E-state index contributed by atoms with van der Waals surface area (Å²) in [6.07, 6.45) is 4.68. The van der Waals surface area contributed by atoms with E-state index in [9.17, 15) is 9.18 Å². The molecule has 1 aromatic heterocycles. The number of likely N-dealkylation sites (tertiary alicyclic amines) is 1. The van der Waals surface area contributed by atoms with Crippen LogP contribution in [0.3, 0.4) is 0 Å². The Labute approximate surface area is 147 Å². The fourth-order valence-electron chi connectivity index (χ4n) is 3.40. The van der Waals surface area contributed by atoms with Crippen molar-refractivity contribution in [3.05, 3.63) is 53.6 Å². The molecule has 5 nitrogen and oxygen atoms in total. The largest absolute Gasteiger partial charge is 0.354 e. The van der Waals surface area contributed by atoms with Crippen LogP contribution in [-0.4, -0.2) is 46.7 Å². The molecule has 3 rings (SSSR count). The Morgan fingerprint density at radius 2 is 2.20 bits per heavy atom. The first-order chi connectivity index (χ1) is 12.1. The molecule has 0 bridgehead atoms. The number of H-pyrrole nitrogens is 1. The molecule has 2 N–H and O–H groups in total. The van der Waals surface area contributed by atoms with E-state index in [1.807, 2.05) is 13.0 Å². The molecule has 0 radical (unpaired) electrons. The fourth-order valence-corrected chi connectivity index (χ4v) is 3.40. The minimum atomic E-state index is -0.238. The number of hydrogen-bond donors (Lipinski definition) is 2. The lowest BCUT2D eigenvalue weighted by Crippen LogP contribution is -2.49. The third-order valence-electron chi connectivity index (χ3n) is 4.97. The van der Waals surface area contributed by atoms with Gasteiger partial charge in [-0.05, 0) is 56.5 Å². The van der Waals surface area contributed by atoms with E-state index in [0.717, 1.165) is 37.2 Å². The van der Waals surface area contributed by atoms with Crippen molar-refractivity contribution in [3.8, 4) is 0 Å². The normalized spacial score (nSPS) is 19.5. The number of aromatic nitrogens is 2. The molecule has 2 atom stereocenters. The number of carbonyl (C=O) groups is 1. The number of halogens is 1. The highest BCUT2D eigenvalue weighted by atomic mass is 19.1. The second kappa shape index (κ2) is 8.25. The standard InChI is InChI=1S/C19H25FN4O/c1-14(19(25)21-10-8-15-4-6-17(20)7-5-15)24-12-2-3-16(13-24)18-9-11-22-23-18/h4-7,9,11,14,16H,2-3,8,10,12-13H2,1H3,(H,21,25)(H,22,23)/t14-,16+/m0/s1. The Bertz CT molecular complexity index is 671. The van der Waals surface area contributed by atoms with Gasteiger partial charge in [0.1, 0.15) is 5.82 Å². The Balaban J connectivity index is 1.47. The average Bonchev–Trinajstić information content (AvgIpc) is 3.17. The number of rotatable bonds is 6. The fraction of sp³-hybridized carbons (Fsp3) is 0.474. The third kappa shape index (κ3) is 4.66. The first-order valence-electron chi connectivity index (χ1n) is 8.89. The number of nitrogens with zero attached hydrogens (tertiary/aromatic N) is 2. The van der Waals surface area contributed by atoms with Gasteiger partial charge in [-0.3, -0.25) is 14.8 Å². The summed E-state index contributed by atoms with van der Waals surface area (Å²) in [4.78, 5) is 14.7. The van der Waals surface area contributed by atoms with E-state index in [0.29, 0.717) is 18.9 Å². The summed E-state index contributed by atoms with van der Waals surface area (Å²) in [7, 11) is 0. The molecule has 1 aliphatic heterocycles. The van der Waals surface area contributed by atoms with Crippen LogP contribution in [0.25, 0.3) is 0 Å². The topological polar surface area (TPSA) is 61.0 Å². The van der Waals surface area contributed by atoms with Crippen molar-refractivity contribution in [2.45, 2.75) is 38.1 Å². The number of benzene rings is 1. The van der Waals surface area contributed by atoms with Gasteiger partial charge < -0.3 is 5.32 Å². The van der Waals surface area contributed by atoms with Gasteiger partial charge in [0.15, 0.2) is 0 Å². The average molecular weight is 344 g/mol. The van der Waals surface area contributed by atoms with Crippen molar-refractivity contribution >= 4 is 5.91 Å². The van der Waals surface area contributed by atoms with E-state index in [1.165, 1.54) is 12.1 Å². The maximum absolute atomic E-state index is 12.9. The van der Waals surface area contributed by atoms with Crippen LogP contribution >= 0.6 is 0 Å². The summed E-state index contributed by atoms with van der Waals surface area (Å²) in [5.41, 5.74) is 2.17. The van der Waals surface area contributed by atoms with E-state index in [2.05, 4.69) is 20.4 Å². The van der Waals surface area contributed by atoms with Crippen LogP contribution in [0.1, 0.15) is 36.9 Å². The number of amides is 1. The monoisotopic (exact) mass is 344 g/mol. The van der Waals surface area contributed by atoms with Crippen molar-refractivity contribution in [2.24, 2.45) is 0 Å². The number of aromatic amines is 1. The van der Waals surface area contributed by atoms with E-state index >= 15 is 0 Å². The Morgan fingerprint density at radius 1 is 1.40 bits per heavy atom. The summed E-state index contributed by atoms with van der Waals surface area (Å²) in [5.74, 6) is 0.219. The van der Waals surface area contributed by atoms with E-state index < -0.39 is 0 Å². The molecule has 2 aromatic rings. The number of piperidine rings is 1. The van der Waals surface area contributed by atoms with E-state index in [4.69, 9.17) is 0 Å². The van der Waals surface area contributed by atoms with Crippen molar-refractivity contribution < 1.29 is 9.18 Å². The molecule has 1 aromatic carbocycles. The molecule has 0 aliphatic carbocycles. The molecular formula is C19H25FN4O. The van der Waals surface area contributed by atoms with Gasteiger partial charge >= 0.3 is 0 Å². The minimum Gasteiger partial charge on any atom is -0.354 e. The zero-order chi connectivity index (χ0) is 17.6. The van der Waals surface area contributed by atoms with Crippen LogP contribution in [0.5, 0.6) is 0 Å². The van der Waals surface area contributed by atoms with Gasteiger partial charge in [-0.1, -0.05) is 12.1 Å². The Morgan fingerprint density at radius 3 is 2.92 bits per heavy atom. The maximum Gasteiger partial charge on any atom is 0.237 e. The van der Waals surface area contributed by atoms with Gasteiger partial charge in [0.25, 0.3) is 0 Å². The van der Waals surface area contributed by atoms with Crippen LogP contribution in [-0.2, 0) is 11.2 Å². The third-order valence-corrected chi connectivity index (χ3v) is 4.97. The smallest absolute Gasteiger partial charge is 0.237 e. The second-order valence-electron chi connectivity index (χ2n) is 6.69. The molecule has 25 heavy (non-hydrogen) atoms. The van der Waals surface area contributed by atoms with Gasteiger partial charge in [-0.15, -0.1) is 0 Å². The molecule has 0 saturated carbocycles. The van der Waals surface area contributed by atoms with E-state index in [-0.39, 0.29) is 17.8 Å². The molecule has 0 unspecified atom stereocenters. The lowest BCUT2D eigenvalue weighted by molar-refractivity contribution is -0.126. The first-order valence-corrected chi connectivity index (χ1v) is 8.89. The van der Waals surface area contributed by atoms with Gasteiger partial charge in [0, 0.05) is 30.9 Å². The van der Waals surface area contributed by atoms with Crippen molar-refractivity contribution in [2.75, 3.05) is 19.6 Å². The highest BCUT2D eigenvalue weighted by Gasteiger charge is 2.28. The molecule has 1 aliphatic rings. The molecule has 6 heteroatoms. The van der Waals surface area contributed by atoms with Crippen LogP contribution in [0.2, 0.25) is 0 Å². The van der Waals surface area contributed by atoms with E-state index in [1.54, 1.807) is 18.3 Å². The van der Waals surface area contributed by atoms with Gasteiger partial charge in [-0.2, -0.15) is 5.10 Å². The Kier molecular flexibility index (Phi) is 5.81.